The molecule has 0 amide bonds. The standard InChI is InChI=1S/CN.Au.3ClH/c1-2;;;;/h;;3*1H/q-1;+3;;;/p-3. The van der Waals surface area contributed by atoms with E-state index >= 15 is 0 Å². The van der Waals surface area contributed by atoms with Gasteiger partial charge < -0.3 is 11.8 Å². The van der Waals surface area contributed by atoms with Crippen molar-refractivity contribution in [1.29, 1.82) is 5.26 Å². The molecule has 5 heteroatoms. The molecule has 0 spiro atoms. The third-order valence-corrected chi connectivity index (χ3v) is 0. The van der Waals surface area contributed by atoms with Gasteiger partial charge in [-0.05, 0) is 0 Å². The molecular formula is CAuCl3N-. The first-order valence-electron chi connectivity index (χ1n) is 0.565. The van der Waals surface area contributed by atoms with Crippen molar-refractivity contribution in [2.75, 3.05) is 0 Å². The van der Waals surface area contributed by atoms with Crippen LogP contribution in [0.4, 0.5) is 0 Å². The summed E-state index contributed by atoms with van der Waals surface area (Å²) < 4.78 is 0. The van der Waals surface area contributed by atoms with Crippen molar-refractivity contribution in [2.24, 2.45) is 0 Å². The van der Waals surface area contributed by atoms with Crippen molar-refractivity contribution in [2.45, 2.75) is 0 Å². The van der Waals surface area contributed by atoms with Gasteiger partial charge in [0.05, 0.1) is 0 Å². The van der Waals surface area contributed by atoms with Crippen LogP contribution in [0.1, 0.15) is 0 Å². The molecule has 0 unspecified atom stereocenters. The fourth-order valence-electron chi connectivity index (χ4n) is 0. The van der Waals surface area contributed by atoms with Crippen LogP contribution in [-0.4, -0.2) is 0 Å². The van der Waals surface area contributed by atoms with Crippen molar-refractivity contribution in [3.05, 3.63) is 6.57 Å². The average Bonchev–Trinajstić information content (AvgIpc) is 1.41. The Labute approximate surface area is 54.4 Å². The summed E-state index contributed by atoms with van der Waals surface area (Å²) in [5.74, 6) is 0. The molecule has 6 heavy (non-hydrogen) atoms. The summed E-state index contributed by atoms with van der Waals surface area (Å²) in [6, 6.07) is 0. The molecule has 0 aliphatic carbocycles. The summed E-state index contributed by atoms with van der Waals surface area (Å²) in [5.41, 5.74) is 0. The number of hydrogen-bond donors (Lipinski definition) is 0. The van der Waals surface area contributed by atoms with E-state index in [0.717, 1.165) is 0 Å². The molecule has 0 saturated carbocycles. The summed E-state index contributed by atoms with van der Waals surface area (Å²) in [6.45, 7) is 4.75. The van der Waals surface area contributed by atoms with Crippen LogP contribution >= 0.6 is 27.6 Å². The van der Waals surface area contributed by atoms with E-state index in [1.165, 1.54) is 0 Å². The summed E-state index contributed by atoms with van der Waals surface area (Å²) in [7, 11) is 14.9. The van der Waals surface area contributed by atoms with Crippen LogP contribution in [-0.2, 0) is 15.2 Å². The zero-order valence-corrected chi connectivity index (χ0v) is 6.82. The van der Waals surface area contributed by atoms with Crippen LogP contribution in [0, 0.1) is 11.8 Å². The molecule has 0 bridgehead atoms. The second-order valence-electron chi connectivity index (χ2n) is 0.129. The predicted octanol–water partition coefficient (Wildman–Crippen LogP) is 2.16. The van der Waals surface area contributed by atoms with Crippen LogP contribution in [0.15, 0.2) is 0 Å². The van der Waals surface area contributed by atoms with E-state index in [-0.39, 0.29) is 0 Å². The first-order valence-corrected chi connectivity index (χ1v) is 8.62. The van der Waals surface area contributed by atoms with Crippen molar-refractivity contribution in [1.82, 2.24) is 0 Å². The van der Waals surface area contributed by atoms with E-state index < -0.39 is 15.2 Å². The van der Waals surface area contributed by atoms with E-state index in [9.17, 15) is 0 Å². The Bertz CT molecular complexity index is 32.3. The molecule has 0 aromatic rings. The minimum absolute atomic E-state index is 1.79. The molecule has 1 nitrogen and oxygen atoms in total. The molecule has 0 saturated heterocycles. The molecule has 0 N–H and O–H groups in total. The van der Waals surface area contributed by atoms with Crippen LogP contribution in [0.5, 0.6) is 0 Å². The summed E-state index contributed by atoms with van der Waals surface area (Å²) in [5, 5.41) is 6.25. The fourth-order valence-corrected chi connectivity index (χ4v) is 0. The second-order valence-corrected chi connectivity index (χ2v) is 9.52. The van der Waals surface area contributed by atoms with Crippen molar-refractivity contribution in [3.8, 4) is 0 Å². The maximum atomic E-state index is 6.25. The van der Waals surface area contributed by atoms with Crippen LogP contribution in [0.3, 0.4) is 0 Å². The Hall–Kier alpha value is 1.10. The summed E-state index contributed by atoms with van der Waals surface area (Å²) in [4.78, 5) is 0. The van der Waals surface area contributed by atoms with E-state index in [0.29, 0.717) is 0 Å². The van der Waals surface area contributed by atoms with Gasteiger partial charge in [0.2, 0.25) is 0 Å². The van der Waals surface area contributed by atoms with Crippen molar-refractivity contribution in [3.63, 3.8) is 0 Å². The normalized spacial score (nSPS) is 7.83. The van der Waals surface area contributed by atoms with Gasteiger partial charge in [0.1, 0.15) is 0 Å². The molecule has 42 valence electrons. The van der Waals surface area contributed by atoms with Gasteiger partial charge in [0, 0.05) is 0 Å². The van der Waals surface area contributed by atoms with E-state index in [2.05, 4.69) is 0 Å². The molecule has 0 radical (unpaired) electrons. The quantitative estimate of drug-likeness (QED) is 0.494. The third-order valence-electron chi connectivity index (χ3n) is 0. The molecule has 0 aromatic heterocycles. The first kappa shape index (κ1) is 10.2. The first-order chi connectivity index (χ1) is 2.73. The maximum absolute atomic E-state index is 6.25. The monoisotopic (exact) mass is 328 g/mol. The van der Waals surface area contributed by atoms with Crippen LogP contribution < -0.4 is 0 Å². The van der Waals surface area contributed by atoms with Gasteiger partial charge in [-0.1, -0.05) is 0 Å². The van der Waals surface area contributed by atoms with Gasteiger partial charge >= 0.3 is 42.8 Å². The van der Waals surface area contributed by atoms with Gasteiger partial charge in [-0.25, -0.2) is 0 Å². The molecule has 0 aliphatic heterocycles. The van der Waals surface area contributed by atoms with Gasteiger partial charge in [-0.15, -0.1) is 0 Å². The zero-order valence-electron chi connectivity index (χ0n) is 2.38. The van der Waals surface area contributed by atoms with Gasteiger partial charge in [0.15, 0.2) is 0 Å². The van der Waals surface area contributed by atoms with Gasteiger partial charge in [-0.3, -0.25) is 0 Å². The van der Waals surface area contributed by atoms with Gasteiger partial charge in [-0.2, -0.15) is 0 Å². The van der Waals surface area contributed by atoms with E-state index in [4.69, 9.17) is 39.4 Å². The minimum atomic E-state index is -1.79. The molecule has 0 aliphatic rings. The molecule has 0 aromatic carbocycles. The van der Waals surface area contributed by atoms with Crippen molar-refractivity contribution >= 4 is 27.6 Å². The molecule has 0 fully saturated rings. The van der Waals surface area contributed by atoms with Crippen LogP contribution in [0.25, 0.3) is 0 Å². The van der Waals surface area contributed by atoms with E-state index in [1.54, 1.807) is 0 Å². The Balaban J connectivity index is 0. The Kier molecular flexibility index (Phi) is 16.0. The predicted molar refractivity (Wildman–Crippen MR) is 22.5 cm³/mol. The number of hydrogen-bond acceptors (Lipinski definition) is 1. The molecule has 0 rings (SSSR count). The number of halogens is 3. The summed E-state index contributed by atoms with van der Waals surface area (Å²) in [6.07, 6.45) is 0. The van der Waals surface area contributed by atoms with Gasteiger partial charge in [0.25, 0.3) is 0 Å². The SMILES string of the molecule is [C-]#N.[Cl][Au]([Cl])[Cl]. The summed E-state index contributed by atoms with van der Waals surface area (Å²) >= 11 is -1.79. The van der Waals surface area contributed by atoms with E-state index in [1.807, 2.05) is 0 Å². The number of nitrogens with zero attached hydrogens (tertiary/aromatic N) is 1. The Morgan fingerprint density at radius 2 is 1.17 bits per heavy atom. The van der Waals surface area contributed by atoms with Crippen molar-refractivity contribution < 1.29 is 15.2 Å². The fraction of sp³-hybridized carbons (Fsp3) is 0. The molecular weight excluding hydrogens is 329 g/mol. The second kappa shape index (κ2) is 9.44. The molecule has 0 atom stereocenters. The number of rotatable bonds is 0. The Morgan fingerprint density at radius 3 is 1.17 bits per heavy atom. The van der Waals surface area contributed by atoms with Crippen LogP contribution in [0.2, 0.25) is 0 Å². The Morgan fingerprint density at radius 1 is 1.17 bits per heavy atom. The average molecular weight is 329 g/mol. The zero-order chi connectivity index (χ0) is 5.58. The topological polar surface area (TPSA) is 23.8 Å². The molecule has 0 heterocycles. The third kappa shape index (κ3) is 70.8.